The smallest absolute Gasteiger partial charge is 0.225 e. The summed E-state index contributed by atoms with van der Waals surface area (Å²) in [4.78, 5) is 23.5. The molecule has 0 bridgehead atoms. The van der Waals surface area contributed by atoms with Gasteiger partial charge < -0.3 is 4.90 Å². The van der Waals surface area contributed by atoms with Crippen molar-refractivity contribution in [1.82, 2.24) is 14.8 Å². The Morgan fingerprint density at radius 2 is 1.59 bits per heavy atom. The van der Waals surface area contributed by atoms with Gasteiger partial charge in [0.25, 0.3) is 0 Å². The number of hydrogen-bond acceptors (Lipinski definition) is 4. The molecule has 1 saturated carbocycles. The summed E-state index contributed by atoms with van der Waals surface area (Å²) in [5.41, 5.74) is 1.41. The molecule has 148 valence electrons. The molecule has 1 aromatic heterocycles. The molecule has 3 heterocycles. The second-order valence-corrected chi connectivity index (χ2v) is 10.4. The van der Waals surface area contributed by atoms with E-state index in [0.29, 0.717) is 11.8 Å². The highest BCUT2D eigenvalue weighted by molar-refractivity contribution is 7.11. The summed E-state index contributed by atoms with van der Waals surface area (Å²) in [5.74, 6) is 2.57. The van der Waals surface area contributed by atoms with Crippen LogP contribution in [0.15, 0.2) is 0 Å². The van der Waals surface area contributed by atoms with Gasteiger partial charge in [-0.15, -0.1) is 11.3 Å². The van der Waals surface area contributed by atoms with Crippen LogP contribution in [0.3, 0.4) is 0 Å². The third-order valence-corrected chi connectivity index (χ3v) is 8.47. The SMILES string of the molecule is O=C(C1CC1)N1CCC(C2CCN(Cc3nc4c(s3)CCCC4)CC2)CC1. The number of nitrogens with zero attached hydrogens (tertiary/aromatic N) is 3. The fourth-order valence-corrected chi connectivity index (χ4v) is 6.63. The van der Waals surface area contributed by atoms with Crippen LogP contribution in [-0.2, 0) is 24.2 Å². The molecule has 2 aliphatic carbocycles. The normalized spacial score (nSPS) is 25.6. The summed E-state index contributed by atoms with van der Waals surface area (Å²) in [5, 5.41) is 1.35. The number of likely N-dealkylation sites (tertiary alicyclic amines) is 2. The van der Waals surface area contributed by atoms with Crippen LogP contribution in [0.25, 0.3) is 0 Å². The molecule has 5 heteroatoms. The van der Waals surface area contributed by atoms with Gasteiger partial charge in [-0.05, 0) is 89.1 Å². The van der Waals surface area contributed by atoms with Gasteiger partial charge in [-0.3, -0.25) is 9.69 Å². The number of amides is 1. The van der Waals surface area contributed by atoms with Gasteiger partial charge in [0.2, 0.25) is 5.91 Å². The number of fused-ring (bicyclic) bond motifs is 1. The van der Waals surface area contributed by atoms with Crippen molar-refractivity contribution in [3.8, 4) is 0 Å². The second kappa shape index (κ2) is 7.82. The minimum Gasteiger partial charge on any atom is -0.342 e. The highest BCUT2D eigenvalue weighted by Gasteiger charge is 2.36. The van der Waals surface area contributed by atoms with Gasteiger partial charge in [-0.2, -0.15) is 0 Å². The van der Waals surface area contributed by atoms with Crippen LogP contribution in [0.5, 0.6) is 0 Å². The van der Waals surface area contributed by atoms with Gasteiger partial charge in [-0.25, -0.2) is 4.98 Å². The molecule has 0 atom stereocenters. The van der Waals surface area contributed by atoms with Crippen molar-refractivity contribution in [2.24, 2.45) is 17.8 Å². The van der Waals surface area contributed by atoms with Crippen LogP contribution in [0.1, 0.15) is 66.9 Å². The lowest BCUT2D eigenvalue weighted by molar-refractivity contribution is -0.134. The highest BCUT2D eigenvalue weighted by Crippen LogP contribution is 2.36. The molecule has 0 radical (unpaired) electrons. The lowest BCUT2D eigenvalue weighted by Gasteiger charge is -2.40. The Labute approximate surface area is 167 Å². The van der Waals surface area contributed by atoms with Crippen LogP contribution < -0.4 is 0 Å². The van der Waals surface area contributed by atoms with E-state index in [-0.39, 0.29) is 0 Å². The lowest BCUT2D eigenvalue weighted by atomic mass is 9.78. The Hall–Kier alpha value is -0.940. The number of aromatic nitrogens is 1. The number of rotatable bonds is 4. The first-order chi connectivity index (χ1) is 13.3. The molecule has 0 spiro atoms. The van der Waals surface area contributed by atoms with Crippen LogP contribution >= 0.6 is 11.3 Å². The summed E-state index contributed by atoms with van der Waals surface area (Å²) in [6.45, 7) is 5.57. The maximum Gasteiger partial charge on any atom is 0.225 e. The fraction of sp³-hybridized carbons (Fsp3) is 0.818. The maximum atomic E-state index is 12.2. The Bertz CT molecular complexity index is 644. The minimum absolute atomic E-state index is 0.390. The zero-order chi connectivity index (χ0) is 18.2. The molecule has 3 fully saturated rings. The molecule has 0 aromatic carbocycles. The third kappa shape index (κ3) is 4.09. The van der Waals surface area contributed by atoms with Crippen LogP contribution in [0.2, 0.25) is 0 Å². The van der Waals surface area contributed by atoms with E-state index in [2.05, 4.69) is 9.80 Å². The predicted octanol–water partition coefficient (Wildman–Crippen LogP) is 3.88. The van der Waals surface area contributed by atoms with Crippen LogP contribution in [0, 0.1) is 17.8 Å². The summed E-state index contributed by atoms with van der Waals surface area (Å²) in [6.07, 6.45) is 12.6. The van der Waals surface area contributed by atoms with Crippen molar-refractivity contribution in [1.29, 1.82) is 0 Å². The first-order valence-electron chi connectivity index (χ1n) is 11.2. The highest BCUT2D eigenvalue weighted by atomic mass is 32.1. The van der Waals surface area contributed by atoms with E-state index in [1.807, 2.05) is 11.3 Å². The van der Waals surface area contributed by atoms with E-state index in [4.69, 9.17) is 4.98 Å². The Balaban J connectivity index is 1.08. The third-order valence-electron chi connectivity index (χ3n) is 7.33. The maximum absolute atomic E-state index is 12.2. The van der Waals surface area contributed by atoms with Crippen molar-refractivity contribution < 1.29 is 4.79 Å². The second-order valence-electron chi connectivity index (χ2n) is 9.24. The topological polar surface area (TPSA) is 36.4 Å². The Morgan fingerprint density at radius 1 is 0.926 bits per heavy atom. The molecule has 1 amide bonds. The summed E-state index contributed by atoms with van der Waals surface area (Å²) in [7, 11) is 0. The largest absolute Gasteiger partial charge is 0.342 e. The van der Waals surface area contributed by atoms with Crippen LogP contribution in [-0.4, -0.2) is 46.9 Å². The standard InChI is InChI=1S/C22H33N3OS/c26-22(18-5-6-18)25-13-9-17(10-14-25)16-7-11-24(12-8-16)15-21-23-19-3-1-2-4-20(19)27-21/h16-18H,1-15H2. The van der Waals surface area contributed by atoms with E-state index in [1.165, 1.54) is 75.2 Å². The van der Waals surface area contributed by atoms with Gasteiger partial charge in [0.15, 0.2) is 0 Å². The quantitative estimate of drug-likeness (QED) is 0.787. The van der Waals surface area contributed by atoms with Crippen molar-refractivity contribution in [2.45, 2.75) is 70.8 Å². The van der Waals surface area contributed by atoms with Gasteiger partial charge >= 0.3 is 0 Å². The van der Waals surface area contributed by atoms with Gasteiger partial charge in [-0.1, -0.05) is 0 Å². The Morgan fingerprint density at radius 3 is 2.26 bits per heavy atom. The zero-order valence-corrected chi connectivity index (χ0v) is 17.3. The fourth-order valence-electron chi connectivity index (χ4n) is 5.43. The van der Waals surface area contributed by atoms with Crippen LogP contribution in [0.4, 0.5) is 0 Å². The molecular weight excluding hydrogens is 354 g/mol. The molecule has 2 saturated heterocycles. The van der Waals surface area contributed by atoms with Gasteiger partial charge in [0, 0.05) is 23.9 Å². The first kappa shape index (κ1) is 18.1. The van der Waals surface area contributed by atoms with E-state index >= 15 is 0 Å². The van der Waals surface area contributed by atoms with E-state index in [0.717, 1.165) is 44.3 Å². The number of hydrogen-bond donors (Lipinski definition) is 0. The van der Waals surface area contributed by atoms with Crippen molar-refractivity contribution in [3.63, 3.8) is 0 Å². The van der Waals surface area contributed by atoms with E-state index in [1.54, 1.807) is 4.88 Å². The number of carbonyl (C=O) groups excluding carboxylic acids is 1. The Kier molecular flexibility index (Phi) is 5.25. The molecular formula is C22H33N3OS. The molecule has 0 unspecified atom stereocenters. The van der Waals surface area contributed by atoms with E-state index in [9.17, 15) is 4.79 Å². The van der Waals surface area contributed by atoms with Gasteiger partial charge in [0.1, 0.15) is 5.01 Å². The number of carbonyl (C=O) groups is 1. The summed E-state index contributed by atoms with van der Waals surface area (Å²) >= 11 is 1.98. The molecule has 1 aromatic rings. The number of piperidine rings is 2. The first-order valence-corrected chi connectivity index (χ1v) is 12.1. The zero-order valence-electron chi connectivity index (χ0n) is 16.5. The minimum atomic E-state index is 0.390. The number of thiazole rings is 1. The predicted molar refractivity (Wildman–Crippen MR) is 109 cm³/mol. The monoisotopic (exact) mass is 387 g/mol. The summed E-state index contributed by atoms with van der Waals surface area (Å²) < 4.78 is 0. The molecule has 27 heavy (non-hydrogen) atoms. The van der Waals surface area contributed by atoms with Crippen molar-refractivity contribution >= 4 is 17.2 Å². The lowest BCUT2D eigenvalue weighted by Crippen LogP contribution is -2.43. The van der Waals surface area contributed by atoms with Crippen molar-refractivity contribution in [3.05, 3.63) is 15.6 Å². The molecule has 4 nitrogen and oxygen atoms in total. The van der Waals surface area contributed by atoms with Gasteiger partial charge in [0.05, 0.1) is 12.2 Å². The molecule has 0 N–H and O–H groups in total. The molecule has 4 aliphatic rings. The van der Waals surface area contributed by atoms with E-state index < -0.39 is 0 Å². The molecule has 5 rings (SSSR count). The average molecular weight is 388 g/mol. The number of aryl methyl sites for hydroxylation is 2. The average Bonchev–Trinajstić information content (AvgIpc) is 3.48. The van der Waals surface area contributed by atoms with Crippen molar-refractivity contribution in [2.75, 3.05) is 26.2 Å². The summed E-state index contributed by atoms with van der Waals surface area (Å²) in [6, 6.07) is 0. The molecule has 2 aliphatic heterocycles.